The number of hydrazine groups is 1. The quantitative estimate of drug-likeness (QED) is 0.145. The van der Waals surface area contributed by atoms with Crippen LogP contribution in [0, 0.1) is 41.4 Å². The Labute approximate surface area is 277 Å². The van der Waals surface area contributed by atoms with Gasteiger partial charge in [0.15, 0.2) is 0 Å². The lowest BCUT2D eigenvalue weighted by Gasteiger charge is -2.37. The van der Waals surface area contributed by atoms with Crippen LogP contribution in [0.4, 0.5) is 8.78 Å². The maximum absolute atomic E-state index is 14.4. The molecule has 0 heterocycles. The minimum absolute atomic E-state index is 0.0368. The summed E-state index contributed by atoms with van der Waals surface area (Å²) in [5, 5.41) is 15.9. The van der Waals surface area contributed by atoms with E-state index >= 15 is 0 Å². The highest BCUT2D eigenvalue weighted by Gasteiger charge is 2.39. The Bertz CT molecular complexity index is 1100. The van der Waals surface area contributed by atoms with Crippen molar-refractivity contribution < 1.29 is 31.9 Å². The van der Waals surface area contributed by atoms with Gasteiger partial charge in [-0.25, -0.2) is 22.2 Å². The number of hydrogen-bond acceptors (Lipinski definition) is 6. The highest BCUT2D eigenvalue weighted by Crippen LogP contribution is 2.36. The van der Waals surface area contributed by atoms with E-state index in [2.05, 4.69) is 22.0 Å². The van der Waals surface area contributed by atoms with Gasteiger partial charge in [-0.3, -0.25) is 9.59 Å². The number of aliphatic hydroxyl groups is 1. The topological polar surface area (TPSA) is 119 Å². The van der Waals surface area contributed by atoms with Gasteiger partial charge >= 0.3 is 0 Å². The first-order valence-corrected chi connectivity index (χ1v) is 19.1. The lowest BCUT2D eigenvalue weighted by Crippen LogP contribution is -2.55. The van der Waals surface area contributed by atoms with Gasteiger partial charge in [0.1, 0.15) is 12.3 Å². The van der Waals surface area contributed by atoms with Crippen LogP contribution in [0.5, 0.6) is 0 Å². The van der Waals surface area contributed by atoms with Gasteiger partial charge < -0.3 is 15.3 Å². The summed E-state index contributed by atoms with van der Waals surface area (Å²) in [6, 6.07) is -0.868. The van der Waals surface area contributed by atoms with Crippen LogP contribution in [0.25, 0.3) is 0 Å². The second-order valence-corrected chi connectivity index (χ2v) is 15.7. The van der Waals surface area contributed by atoms with E-state index in [0.717, 1.165) is 12.8 Å². The molecular weight excluding hydrogens is 614 g/mol. The van der Waals surface area contributed by atoms with Crippen LogP contribution in [0.1, 0.15) is 106 Å². The lowest BCUT2D eigenvalue weighted by molar-refractivity contribution is -0.139. The maximum Gasteiger partial charge on any atom is 0.225 e. The smallest absolute Gasteiger partial charge is 0.225 e. The minimum Gasteiger partial charge on any atom is -0.390 e. The Morgan fingerprint density at radius 1 is 0.913 bits per heavy atom. The maximum atomic E-state index is 14.4. The number of alkyl halides is 2. The molecule has 0 spiro atoms. The van der Waals surface area contributed by atoms with Crippen molar-refractivity contribution in [3.05, 3.63) is 0 Å². The number of aliphatic hydroxyl groups excluding tert-OH is 1. The molecule has 2 amide bonds. The molecule has 7 atom stereocenters. The summed E-state index contributed by atoms with van der Waals surface area (Å²) in [5.74, 6) is 4.23. The molecule has 2 fully saturated rings. The van der Waals surface area contributed by atoms with Crippen molar-refractivity contribution in [2.24, 2.45) is 29.6 Å². The average Bonchev–Trinajstić information content (AvgIpc) is 2.95. The van der Waals surface area contributed by atoms with Crippen molar-refractivity contribution in [3.8, 4) is 11.8 Å². The number of nitrogens with one attached hydrogen (secondary N) is 2. The third-order valence-electron chi connectivity index (χ3n) is 8.87. The Kier molecular flexibility index (Phi) is 17.4. The Morgan fingerprint density at radius 2 is 1.50 bits per heavy atom. The van der Waals surface area contributed by atoms with Crippen LogP contribution in [0.3, 0.4) is 0 Å². The van der Waals surface area contributed by atoms with Gasteiger partial charge in [-0.15, -0.1) is 16.7 Å². The van der Waals surface area contributed by atoms with Gasteiger partial charge in [0.25, 0.3) is 0 Å². The number of carbonyl (C=O) groups is 2. The summed E-state index contributed by atoms with van der Waals surface area (Å²) >= 11 is 0. The van der Waals surface area contributed by atoms with Gasteiger partial charge in [-0.1, -0.05) is 34.6 Å². The third kappa shape index (κ3) is 13.7. The second-order valence-electron chi connectivity index (χ2n) is 13.9. The van der Waals surface area contributed by atoms with Crippen molar-refractivity contribution in [3.63, 3.8) is 0 Å². The fourth-order valence-corrected chi connectivity index (χ4v) is 8.62. The number of hydrogen-bond donors (Lipinski definition) is 3. The summed E-state index contributed by atoms with van der Waals surface area (Å²) in [6.45, 7) is 12.8. The van der Waals surface area contributed by atoms with E-state index in [0.29, 0.717) is 45.3 Å². The van der Waals surface area contributed by atoms with Gasteiger partial charge in [0.2, 0.25) is 21.8 Å². The van der Waals surface area contributed by atoms with Crippen molar-refractivity contribution in [2.75, 3.05) is 31.9 Å². The zero-order valence-electron chi connectivity index (χ0n) is 28.9. The first-order chi connectivity index (χ1) is 21.7. The van der Waals surface area contributed by atoms with E-state index in [9.17, 15) is 31.9 Å². The van der Waals surface area contributed by atoms with Crippen LogP contribution < -0.4 is 10.1 Å². The Balaban J connectivity index is 2.30. The zero-order chi connectivity index (χ0) is 34.4. The molecule has 0 aromatic heterocycles. The van der Waals surface area contributed by atoms with E-state index < -0.39 is 46.3 Å². The number of sulfonamides is 1. The molecule has 266 valence electrons. The molecule has 0 aromatic rings. The molecule has 2 rings (SSSR count). The fraction of sp³-hybridized carbons (Fsp3) is 0.882. The van der Waals surface area contributed by atoms with Crippen molar-refractivity contribution >= 4 is 21.8 Å². The second kappa shape index (κ2) is 19.9. The highest BCUT2D eigenvalue weighted by atomic mass is 32.2. The van der Waals surface area contributed by atoms with Crippen LogP contribution >= 0.6 is 0 Å². The third-order valence-corrected chi connectivity index (χ3v) is 10.5. The number of halogens is 2. The van der Waals surface area contributed by atoms with Gasteiger partial charge in [-0.2, -0.15) is 0 Å². The predicted octanol–water partition coefficient (Wildman–Crippen LogP) is 4.61. The van der Waals surface area contributed by atoms with E-state index in [1.165, 1.54) is 5.01 Å². The molecule has 0 bridgehead atoms. The molecule has 2 aliphatic carbocycles. The minimum atomic E-state index is -3.67. The van der Waals surface area contributed by atoms with Crippen molar-refractivity contribution in [2.45, 2.75) is 130 Å². The van der Waals surface area contributed by atoms with Crippen molar-refractivity contribution in [1.82, 2.24) is 20.1 Å². The monoisotopic (exact) mass is 674 g/mol. The number of nitrogens with zero attached hydrogens (tertiary/aromatic N) is 2. The van der Waals surface area contributed by atoms with Crippen LogP contribution in [-0.2, 0) is 19.6 Å². The standard InChI is InChI=1S/C34H60F2N4O5S/c1-7-11-25-15-27(20-28(16-25)34(43)39(12-8-2)13-9-3)33(42)37-31(19-26-17-29(35)21-30(36)18-26)32(41)22-40(14-10-4)38-46(44,45)23-24(5)6/h24-32,38,41H,8-10,12-23H2,1-6H3,(H,37,42). The largest absolute Gasteiger partial charge is 0.390 e. The van der Waals surface area contributed by atoms with Gasteiger partial charge in [0, 0.05) is 50.4 Å². The number of amides is 2. The lowest BCUT2D eigenvalue weighted by atomic mass is 9.74. The van der Waals surface area contributed by atoms with Crippen LogP contribution in [0.15, 0.2) is 0 Å². The normalized spacial score (nSPS) is 26.7. The number of carbonyl (C=O) groups excluding carboxylic acids is 2. The van der Waals surface area contributed by atoms with Crippen LogP contribution in [-0.4, -0.2) is 91.7 Å². The molecule has 2 saturated carbocycles. The molecule has 12 heteroatoms. The SMILES string of the molecule is CC#CC1CC(C(=O)NC(CC2CC(F)CC(F)C2)C(O)CN(CCC)NS(=O)(=O)CC(C)C)CC(C(=O)N(CCC)CCC)C1. The van der Waals surface area contributed by atoms with Crippen LogP contribution in [0.2, 0.25) is 0 Å². The summed E-state index contributed by atoms with van der Waals surface area (Å²) in [6.07, 6.45) is 0.162. The summed E-state index contributed by atoms with van der Waals surface area (Å²) in [5.41, 5.74) is 0. The molecule has 0 radical (unpaired) electrons. The molecular formula is C34H60F2N4O5S. The van der Waals surface area contributed by atoms with E-state index in [-0.39, 0.29) is 67.5 Å². The average molecular weight is 675 g/mol. The van der Waals surface area contributed by atoms with E-state index in [1.54, 1.807) is 20.8 Å². The summed E-state index contributed by atoms with van der Waals surface area (Å²) < 4.78 is 54.2. The zero-order valence-corrected chi connectivity index (χ0v) is 29.8. The molecule has 3 N–H and O–H groups in total. The number of rotatable bonds is 18. The van der Waals surface area contributed by atoms with Crippen molar-refractivity contribution in [1.29, 1.82) is 0 Å². The molecule has 2 aliphatic rings. The summed E-state index contributed by atoms with van der Waals surface area (Å²) in [4.78, 5) is 31.9. The highest BCUT2D eigenvalue weighted by molar-refractivity contribution is 7.89. The first kappa shape index (κ1) is 40.4. The molecule has 0 saturated heterocycles. The van der Waals surface area contributed by atoms with E-state index in [4.69, 9.17) is 0 Å². The van der Waals surface area contributed by atoms with Gasteiger partial charge in [0.05, 0.1) is 17.9 Å². The fourth-order valence-electron chi connectivity index (χ4n) is 7.11. The Hall–Kier alpha value is -1.81. The molecule has 0 aliphatic heterocycles. The molecule has 9 nitrogen and oxygen atoms in total. The molecule has 46 heavy (non-hydrogen) atoms. The van der Waals surface area contributed by atoms with Gasteiger partial charge in [-0.05, 0) is 76.5 Å². The van der Waals surface area contributed by atoms with E-state index in [1.807, 2.05) is 25.7 Å². The molecule has 0 aromatic carbocycles. The first-order valence-electron chi connectivity index (χ1n) is 17.4. The molecule has 7 unspecified atom stereocenters. The predicted molar refractivity (Wildman–Crippen MR) is 178 cm³/mol. The summed E-state index contributed by atoms with van der Waals surface area (Å²) in [7, 11) is -3.67. The Morgan fingerprint density at radius 3 is 2.04 bits per heavy atom.